The smallest absolute Gasteiger partial charge is 0.410 e. The summed E-state index contributed by atoms with van der Waals surface area (Å²) in [6, 6.07) is 9.68. The molecule has 4 rings (SSSR count). The van der Waals surface area contributed by atoms with Crippen molar-refractivity contribution in [3.63, 3.8) is 0 Å². The maximum absolute atomic E-state index is 12.5. The van der Waals surface area contributed by atoms with Crippen molar-refractivity contribution < 1.29 is 14.3 Å². The fourth-order valence-corrected chi connectivity index (χ4v) is 4.03. The Labute approximate surface area is 129 Å². The fourth-order valence-electron chi connectivity index (χ4n) is 4.03. The summed E-state index contributed by atoms with van der Waals surface area (Å²) in [5.74, 6) is 0.721. The van der Waals surface area contributed by atoms with Crippen LogP contribution in [0.3, 0.4) is 0 Å². The van der Waals surface area contributed by atoms with E-state index in [4.69, 9.17) is 4.74 Å². The molecule has 1 saturated heterocycles. The molecule has 4 heteroatoms. The quantitative estimate of drug-likeness (QED) is 0.806. The number of rotatable bonds is 3. The van der Waals surface area contributed by atoms with Crippen LogP contribution in [0.25, 0.3) is 0 Å². The number of nitrogens with zero attached hydrogens (tertiary/aromatic N) is 1. The summed E-state index contributed by atoms with van der Waals surface area (Å²) in [5, 5.41) is 0. The number of carbonyl (C=O) groups excluding carboxylic acids is 2. The number of allylic oxidation sites excluding steroid dienone is 1. The van der Waals surface area contributed by atoms with Crippen LogP contribution in [-0.4, -0.2) is 35.5 Å². The van der Waals surface area contributed by atoms with Gasteiger partial charge in [0.25, 0.3) is 0 Å². The average molecular weight is 297 g/mol. The average Bonchev–Trinajstić information content (AvgIpc) is 3.07. The number of Topliss-reactive ketones (excluding diaryl/α,β-unsaturated/α-hetero) is 1. The molecule has 2 bridgehead atoms. The lowest BCUT2D eigenvalue weighted by Gasteiger charge is -2.36. The summed E-state index contributed by atoms with van der Waals surface area (Å²) in [7, 11) is 0. The monoisotopic (exact) mass is 297 g/mol. The second-order valence-electron chi connectivity index (χ2n) is 6.49. The van der Waals surface area contributed by atoms with Crippen LogP contribution < -0.4 is 0 Å². The van der Waals surface area contributed by atoms with Gasteiger partial charge in [-0.3, -0.25) is 9.69 Å². The van der Waals surface area contributed by atoms with Crippen LogP contribution in [0.1, 0.15) is 18.4 Å². The molecule has 1 saturated carbocycles. The third kappa shape index (κ3) is 2.23. The Morgan fingerprint density at radius 3 is 2.77 bits per heavy atom. The van der Waals surface area contributed by atoms with Crippen LogP contribution in [0.5, 0.6) is 0 Å². The second-order valence-corrected chi connectivity index (χ2v) is 6.49. The van der Waals surface area contributed by atoms with E-state index in [0.717, 1.165) is 12.8 Å². The number of benzene rings is 1. The van der Waals surface area contributed by atoms with Crippen LogP contribution in [0.15, 0.2) is 42.5 Å². The lowest BCUT2D eigenvalue weighted by atomic mass is 9.81. The Morgan fingerprint density at radius 1 is 1.14 bits per heavy atom. The van der Waals surface area contributed by atoms with E-state index in [-0.39, 0.29) is 29.9 Å². The minimum atomic E-state index is -0.335. The first-order valence-electron chi connectivity index (χ1n) is 7.92. The number of hydrogen-bond acceptors (Lipinski definition) is 3. The summed E-state index contributed by atoms with van der Waals surface area (Å²) in [6.07, 6.45) is 6.19. The molecule has 0 unspecified atom stereocenters. The maximum Gasteiger partial charge on any atom is 0.410 e. The van der Waals surface area contributed by atoms with Crippen LogP contribution in [0.2, 0.25) is 0 Å². The van der Waals surface area contributed by atoms with Crippen molar-refractivity contribution in [3.05, 3.63) is 48.0 Å². The van der Waals surface area contributed by atoms with Crippen LogP contribution in [0.4, 0.5) is 4.79 Å². The van der Waals surface area contributed by atoms with Gasteiger partial charge in [0.15, 0.2) is 5.78 Å². The lowest BCUT2D eigenvalue weighted by Crippen LogP contribution is -2.52. The molecule has 3 aliphatic rings. The molecule has 4 atom stereocenters. The van der Waals surface area contributed by atoms with Gasteiger partial charge in [0, 0.05) is 12.3 Å². The lowest BCUT2D eigenvalue weighted by molar-refractivity contribution is -0.127. The largest absolute Gasteiger partial charge is 0.447 e. The number of ketones is 1. The normalized spacial score (nSPS) is 33.4. The molecule has 2 fully saturated rings. The molecular weight excluding hydrogens is 278 g/mol. The summed E-state index contributed by atoms with van der Waals surface area (Å²) in [6.45, 7) is 0.372. The van der Waals surface area contributed by atoms with Gasteiger partial charge in [0.2, 0.25) is 0 Å². The molecule has 0 N–H and O–H groups in total. The van der Waals surface area contributed by atoms with Crippen molar-refractivity contribution >= 4 is 11.9 Å². The second kappa shape index (κ2) is 5.27. The van der Waals surface area contributed by atoms with Gasteiger partial charge in [0.05, 0.1) is 6.04 Å². The highest BCUT2D eigenvalue weighted by Crippen LogP contribution is 2.39. The van der Waals surface area contributed by atoms with E-state index in [1.807, 2.05) is 18.2 Å². The Balaban J connectivity index is 1.59. The van der Waals surface area contributed by atoms with Crippen LogP contribution in [-0.2, 0) is 16.0 Å². The van der Waals surface area contributed by atoms with Gasteiger partial charge in [-0.1, -0.05) is 42.5 Å². The zero-order chi connectivity index (χ0) is 15.1. The molecule has 0 radical (unpaired) electrons. The number of fused-ring (bicyclic) bond motifs is 2. The molecule has 1 aromatic carbocycles. The highest BCUT2D eigenvalue weighted by molar-refractivity contribution is 5.90. The number of cyclic esters (lactones) is 1. The van der Waals surface area contributed by atoms with Crippen molar-refractivity contribution in [1.82, 2.24) is 4.90 Å². The first-order valence-corrected chi connectivity index (χ1v) is 7.92. The van der Waals surface area contributed by atoms with Gasteiger partial charge in [-0.25, -0.2) is 4.79 Å². The highest BCUT2D eigenvalue weighted by Gasteiger charge is 2.48. The van der Waals surface area contributed by atoms with Crippen LogP contribution in [0, 0.1) is 11.8 Å². The predicted molar refractivity (Wildman–Crippen MR) is 81.3 cm³/mol. The van der Waals surface area contributed by atoms with Gasteiger partial charge in [0.1, 0.15) is 12.6 Å². The van der Waals surface area contributed by atoms with E-state index in [9.17, 15) is 9.59 Å². The molecule has 114 valence electrons. The van der Waals surface area contributed by atoms with E-state index in [1.165, 1.54) is 5.56 Å². The minimum absolute atomic E-state index is 0.0469. The van der Waals surface area contributed by atoms with E-state index >= 15 is 0 Å². The summed E-state index contributed by atoms with van der Waals surface area (Å²) in [5.41, 5.74) is 1.17. The van der Waals surface area contributed by atoms with Crippen molar-refractivity contribution in [2.24, 2.45) is 11.8 Å². The molecule has 22 heavy (non-hydrogen) atoms. The molecule has 0 aromatic heterocycles. The standard InChI is InChI=1S/C18H19NO3/c20-16-10-13-6-7-14(8-13)17(16)19-15(11-22-18(19)21)9-12-4-2-1-3-5-12/h1-7,13-15,17H,8-11H2/t13-,14+,15-,17+/m0/s1. The zero-order valence-electron chi connectivity index (χ0n) is 12.4. The Kier molecular flexibility index (Phi) is 3.25. The molecular formula is C18H19NO3. The minimum Gasteiger partial charge on any atom is -0.447 e. The summed E-state index contributed by atoms with van der Waals surface area (Å²) < 4.78 is 5.27. The van der Waals surface area contributed by atoms with Crippen molar-refractivity contribution in [1.29, 1.82) is 0 Å². The van der Waals surface area contributed by atoms with Gasteiger partial charge < -0.3 is 4.74 Å². The number of hydrogen-bond donors (Lipinski definition) is 0. The Bertz CT molecular complexity index is 624. The first kappa shape index (κ1) is 13.6. The molecule has 1 heterocycles. The molecule has 1 amide bonds. The third-order valence-corrected chi connectivity index (χ3v) is 5.02. The topological polar surface area (TPSA) is 46.6 Å². The SMILES string of the molecule is O=C1C[C@H]2C=C[C@H](C2)[C@H]1N1C(=O)OC[C@@H]1Cc1ccccc1. The number of ether oxygens (including phenoxy) is 1. The van der Waals surface area contributed by atoms with Gasteiger partial charge >= 0.3 is 6.09 Å². The van der Waals surface area contributed by atoms with E-state index in [0.29, 0.717) is 18.9 Å². The predicted octanol–water partition coefficient (Wildman–Crippen LogP) is 2.58. The van der Waals surface area contributed by atoms with Crippen molar-refractivity contribution in [3.8, 4) is 0 Å². The van der Waals surface area contributed by atoms with Crippen molar-refractivity contribution in [2.75, 3.05) is 6.61 Å². The van der Waals surface area contributed by atoms with E-state index in [2.05, 4.69) is 24.3 Å². The molecule has 1 aromatic rings. The highest BCUT2D eigenvalue weighted by atomic mass is 16.6. The molecule has 4 nitrogen and oxygen atoms in total. The van der Waals surface area contributed by atoms with Gasteiger partial charge in [-0.2, -0.15) is 0 Å². The molecule has 2 aliphatic carbocycles. The third-order valence-electron chi connectivity index (χ3n) is 5.02. The van der Waals surface area contributed by atoms with Crippen molar-refractivity contribution in [2.45, 2.75) is 31.3 Å². The molecule has 1 aliphatic heterocycles. The van der Waals surface area contributed by atoms with Crippen LogP contribution >= 0.6 is 0 Å². The first-order chi connectivity index (χ1) is 10.7. The molecule has 0 spiro atoms. The zero-order valence-corrected chi connectivity index (χ0v) is 12.4. The fraction of sp³-hybridized carbons (Fsp3) is 0.444. The number of carbonyl (C=O) groups is 2. The summed E-state index contributed by atoms with van der Waals surface area (Å²) in [4.78, 5) is 26.4. The van der Waals surface area contributed by atoms with E-state index < -0.39 is 0 Å². The number of amides is 1. The maximum atomic E-state index is 12.5. The Hall–Kier alpha value is -2.10. The Morgan fingerprint density at radius 2 is 1.95 bits per heavy atom. The van der Waals surface area contributed by atoms with E-state index in [1.54, 1.807) is 4.90 Å². The van der Waals surface area contributed by atoms with Gasteiger partial charge in [-0.15, -0.1) is 0 Å². The van der Waals surface area contributed by atoms with Gasteiger partial charge in [-0.05, 0) is 24.3 Å². The summed E-state index contributed by atoms with van der Waals surface area (Å²) >= 11 is 0.